The van der Waals surface area contributed by atoms with Crippen molar-refractivity contribution in [1.82, 2.24) is 0 Å². The number of hydrogen-bond donors (Lipinski definition) is 0. The van der Waals surface area contributed by atoms with Gasteiger partial charge in [0.15, 0.2) is 0 Å². The van der Waals surface area contributed by atoms with Gasteiger partial charge in [-0.25, -0.2) is 0 Å². The van der Waals surface area contributed by atoms with Gasteiger partial charge in [-0.1, -0.05) is 26.0 Å². The summed E-state index contributed by atoms with van der Waals surface area (Å²) in [5, 5.41) is 16.9. The molecule has 0 unspecified atom stereocenters. The maximum absolute atomic E-state index is 8.45. The Balaban J connectivity index is 0.000000561. The van der Waals surface area contributed by atoms with E-state index >= 15 is 0 Å². The third-order valence-corrected chi connectivity index (χ3v) is 1.17. The molecular formula is C10H10N2. The molecule has 0 bridgehead atoms. The van der Waals surface area contributed by atoms with Crippen LogP contribution >= 0.6 is 0 Å². The molecule has 0 spiro atoms. The highest BCUT2D eigenvalue weighted by molar-refractivity contribution is 5.44. The normalized spacial score (nSPS) is 7.00. The first kappa shape index (κ1) is 10.2. The van der Waals surface area contributed by atoms with Crippen molar-refractivity contribution >= 4 is 0 Å². The van der Waals surface area contributed by atoms with Gasteiger partial charge in [0, 0.05) is 0 Å². The zero-order valence-corrected chi connectivity index (χ0v) is 7.20. The average Bonchev–Trinajstić information content (AvgIpc) is 2.20. The first-order chi connectivity index (χ1) is 5.88. The van der Waals surface area contributed by atoms with Crippen molar-refractivity contribution < 1.29 is 0 Å². The van der Waals surface area contributed by atoms with Gasteiger partial charge >= 0.3 is 0 Å². The molecule has 0 fully saturated rings. The zero-order chi connectivity index (χ0) is 9.40. The molecule has 2 nitrogen and oxygen atoms in total. The molecule has 0 aliphatic carbocycles. The van der Waals surface area contributed by atoms with E-state index in [1.807, 2.05) is 26.0 Å². The van der Waals surface area contributed by atoms with Crippen molar-refractivity contribution in [3.8, 4) is 12.1 Å². The molecule has 0 aliphatic heterocycles. The van der Waals surface area contributed by atoms with Crippen LogP contribution in [-0.2, 0) is 0 Å². The van der Waals surface area contributed by atoms with Crippen LogP contribution in [0.1, 0.15) is 25.0 Å². The molecule has 0 atom stereocenters. The van der Waals surface area contributed by atoms with Crippen LogP contribution in [0.15, 0.2) is 24.3 Å². The molecule has 1 rings (SSSR count). The maximum Gasteiger partial charge on any atom is 0.101 e. The van der Waals surface area contributed by atoms with E-state index in [1.165, 1.54) is 0 Å². The number of nitriles is 2. The number of rotatable bonds is 0. The Morgan fingerprint density at radius 3 is 1.50 bits per heavy atom. The molecule has 0 saturated heterocycles. The summed E-state index contributed by atoms with van der Waals surface area (Å²) in [6.45, 7) is 4.00. The molecular weight excluding hydrogens is 148 g/mol. The van der Waals surface area contributed by atoms with Crippen molar-refractivity contribution in [2.75, 3.05) is 0 Å². The van der Waals surface area contributed by atoms with Crippen molar-refractivity contribution in [3.63, 3.8) is 0 Å². The largest absolute Gasteiger partial charge is 0.192 e. The van der Waals surface area contributed by atoms with Crippen LogP contribution in [-0.4, -0.2) is 0 Å². The molecule has 1 aromatic carbocycles. The minimum Gasteiger partial charge on any atom is -0.192 e. The smallest absolute Gasteiger partial charge is 0.101 e. The summed E-state index contributed by atoms with van der Waals surface area (Å²) in [7, 11) is 0. The van der Waals surface area contributed by atoms with Crippen LogP contribution in [0, 0.1) is 22.7 Å². The van der Waals surface area contributed by atoms with E-state index in [1.54, 1.807) is 24.3 Å². The summed E-state index contributed by atoms with van der Waals surface area (Å²) in [6.07, 6.45) is 0. The fraction of sp³-hybridized carbons (Fsp3) is 0.200. The summed E-state index contributed by atoms with van der Waals surface area (Å²) in [5.74, 6) is 0. The van der Waals surface area contributed by atoms with Gasteiger partial charge in [0.2, 0.25) is 0 Å². The van der Waals surface area contributed by atoms with E-state index in [-0.39, 0.29) is 0 Å². The van der Waals surface area contributed by atoms with Crippen molar-refractivity contribution in [2.24, 2.45) is 0 Å². The maximum atomic E-state index is 8.45. The van der Waals surface area contributed by atoms with Gasteiger partial charge in [-0.15, -0.1) is 0 Å². The lowest BCUT2D eigenvalue weighted by Gasteiger charge is -1.88. The van der Waals surface area contributed by atoms with Gasteiger partial charge in [0.25, 0.3) is 0 Å². The Kier molecular flexibility index (Phi) is 5.05. The van der Waals surface area contributed by atoms with Crippen LogP contribution in [0.4, 0.5) is 0 Å². The molecule has 0 N–H and O–H groups in total. The molecule has 60 valence electrons. The van der Waals surface area contributed by atoms with Crippen LogP contribution in [0.25, 0.3) is 0 Å². The lowest BCUT2D eigenvalue weighted by Crippen LogP contribution is -1.79. The zero-order valence-electron chi connectivity index (χ0n) is 7.20. The minimum absolute atomic E-state index is 0.435. The van der Waals surface area contributed by atoms with Crippen LogP contribution < -0.4 is 0 Å². The van der Waals surface area contributed by atoms with Gasteiger partial charge in [-0.05, 0) is 12.1 Å². The average molecular weight is 158 g/mol. The van der Waals surface area contributed by atoms with Gasteiger partial charge in [0.1, 0.15) is 12.1 Å². The topological polar surface area (TPSA) is 47.6 Å². The van der Waals surface area contributed by atoms with Crippen LogP contribution in [0.3, 0.4) is 0 Å². The first-order valence-corrected chi connectivity index (χ1v) is 3.77. The Labute approximate surface area is 72.7 Å². The van der Waals surface area contributed by atoms with Crippen molar-refractivity contribution in [3.05, 3.63) is 35.4 Å². The van der Waals surface area contributed by atoms with Gasteiger partial charge in [-0.3, -0.25) is 0 Å². The monoisotopic (exact) mass is 158 g/mol. The van der Waals surface area contributed by atoms with E-state index in [4.69, 9.17) is 10.5 Å². The summed E-state index contributed by atoms with van der Waals surface area (Å²) in [5.41, 5.74) is 0.870. The molecule has 1 aromatic rings. The first-order valence-electron chi connectivity index (χ1n) is 3.77. The van der Waals surface area contributed by atoms with Crippen molar-refractivity contribution in [2.45, 2.75) is 13.8 Å². The number of hydrogen-bond acceptors (Lipinski definition) is 2. The second kappa shape index (κ2) is 5.95. The fourth-order valence-corrected chi connectivity index (χ4v) is 0.678. The number of nitrogens with zero attached hydrogens (tertiary/aromatic N) is 2. The third kappa shape index (κ3) is 2.44. The summed E-state index contributed by atoms with van der Waals surface area (Å²) in [4.78, 5) is 0. The van der Waals surface area contributed by atoms with E-state index in [2.05, 4.69) is 0 Å². The molecule has 0 heterocycles. The Hall–Kier alpha value is -1.80. The molecule has 12 heavy (non-hydrogen) atoms. The Morgan fingerprint density at radius 2 is 1.25 bits per heavy atom. The quantitative estimate of drug-likeness (QED) is 0.582. The summed E-state index contributed by atoms with van der Waals surface area (Å²) < 4.78 is 0. The van der Waals surface area contributed by atoms with Crippen LogP contribution in [0.2, 0.25) is 0 Å². The second-order valence-corrected chi connectivity index (χ2v) is 1.77. The van der Waals surface area contributed by atoms with Crippen molar-refractivity contribution in [1.29, 1.82) is 10.5 Å². The van der Waals surface area contributed by atoms with Gasteiger partial charge in [0.05, 0.1) is 11.1 Å². The summed E-state index contributed by atoms with van der Waals surface area (Å²) >= 11 is 0. The van der Waals surface area contributed by atoms with Crippen LogP contribution in [0.5, 0.6) is 0 Å². The second-order valence-electron chi connectivity index (χ2n) is 1.77. The standard InChI is InChI=1S/C8H4N2.C2H6/c9-5-7-3-1-2-4-8(7)6-10;1-2/h1-4H;1-2H3. The van der Waals surface area contributed by atoms with E-state index < -0.39 is 0 Å². The van der Waals surface area contributed by atoms with Gasteiger partial charge in [-0.2, -0.15) is 10.5 Å². The number of benzene rings is 1. The SMILES string of the molecule is CC.N#Cc1ccccc1C#N. The Morgan fingerprint density at radius 1 is 0.917 bits per heavy atom. The molecule has 0 radical (unpaired) electrons. The molecule has 0 aromatic heterocycles. The highest BCUT2D eigenvalue weighted by Crippen LogP contribution is 2.03. The highest BCUT2D eigenvalue weighted by atomic mass is 14.3. The molecule has 0 amide bonds. The lowest BCUT2D eigenvalue weighted by molar-refractivity contribution is 1.43. The minimum atomic E-state index is 0.435. The molecule has 0 aliphatic rings. The molecule has 0 saturated carbocycles. The van der Waals surface area contributed by atoms with E-state index in [9.17, 15) is 0 Å². The Bertz CT molecular complexity index is 282. The van der Waals surface area contributed by atoms with Gasteiger partial charge < -0.3 is 0 Å². The lowest BCUT2D eigenvalue weighted by atomic mass is 10.1. The predicted molar refractivity (Wildman–Crippen MR) is 47.2 cm³/mol. The fourth-order valence-electron chi connectivity index (χ4n) is 0.678. The third-order valence-electron chi connectivity index (χ3n) is 1.17. The van der Waals surface area contributed by atoms with E-state index in [0.717, 1.165) is 0 Å². The highest BCUT2D eigenvalue weighted by Gasteiger charge is 1.95. The summed E-state index contributed by atoms with van der Waals surface area (Å²) in [6, 6.07) is 10.6. The predicted octanol–water partition coefficient (Wildman–Crippen LogP) is 2.46. The molecule has 2 heteroatoms. The van der Waals surface area contributed by atoms with E-state index in [0.29, 0.717) is 11.1 Å².